The number of para-hydroxylation sites is 1. The number of piperidine rings is 1. The Morgan fingerprint density at radius 1 is 1.45 bits per heavy atom. The van der Waals surface area contributed by atoms with Crippen LogP contribution in [0.1, 0.15) is 19.2 Å². The van der Waals surface area contributed by atoms with E-state index in [2.05, 4.69) is 14.9 Å². The summed E-state index contributed by atoms with van der Waals surface area (Å²) in [7, 11) is 0. The van der Waals surface area contributed by atoms with Crippen LogP contribution in [0.25, 0.3) is 10.9 Å². The Kier molecular flexibility index (Phi) is 3.54. The molecule has 0 spiro atoms. The number of likely N-dealkylation sites (tertiary alicyclic amines) is 1. The maximum atomic E-state index is 12.0. The molecule has 5 nitrogen and oxygen atoms in total. The van der Waals surface area contributed by atoms with Gasteiger partial charge in [-0.25, -0.2) is 4.98 Å². The van der Waals surface area contributed by atoms with Crippen LogP contribution in [0.3, 0.4) is 0 Å². The van der Waals surface area contributed by atoms with Crippen LogP contribution < -0.4 is 5.56 Å². The zero-order valence-corrected chi connectivity index (χ0v) is 11.5. The van der Waals surface area contributed by atoms with E-state index >= 15 is 0 Å². The second kappa shape index (κ2) is 5.34. The first-order valence-corrected chi connectivity index (χ1v) is 7.02. The van der Waals surface area contributed by atoms with Crippen molar-refractivity contribution in [2.45, 2.75) is 26.0 Å². The Hall–Kier alpha value is -1.72. The molecular weight excluding hydrogens is 254 g/mol. The second-order valence-electron chi connectivity index (χ2n) is 5.60. The summed E-state index contributed by atoms with van der Waals surface area (Å²) < 4.78 is 0. The number of rotatable bonds is 2. The average molecular weight is 273 g/mol. The molecule has 0 amide bonds. The lowest BCUT2D eigenvalue weighted by Crippen LogP contribution is -2.41. The van der Waals surface area contributed by atoms with Gasteiger partial charge in [0.15, 0.2) is 0 Å². The monoisotopic (exact) mass is 273 g/mol. The summed E-state index contributed by atoms with van der Waals surface area (Å²) in [5, 5.41) is 10.4. The molecule has 0 saturated carbocycles. The summed E-state index contributed by atoms with van der Waals surface area (Å²) in [6, 6.07) is 7.37. The molecule has 2 heterocycles. The number of aliphatic hydroxyl groups excluding tert-OH is 1. The number of H-pyrrole nitrogens is 1. The van der Waals surface area contributed by atoms with Gasteiger partial charge in [-0.1, -0.05) is 19.1 Å². The highest BCUT2D eigenvalue weighted by atomic mass is 16.3. The van der Waals surface area contributed by atoms with Crippen LogP contribution in [0.15, 0.2) is 29.1 Å². The van der Waals surface area contributed by atoms with Crippen LogP contribution in [0.4, 0.5) is 0 Å². The van der Waals surface area contributed by atoms with Gasteiger partial charge in [-0.3, -0.25) is 9.69 Å². The lowest BCUT2D eigenvalue weighted by Gasteiger charge is -2.33. The molecule has 1 aromatic heterocycles. The number of benzene rings is 1. The molecule has 20 heavy (non-hydrogen) atoms. The maximum Gasteiger partial charge on any atom is 0.258 e. The fraction of sp³-hybridized carbons (Fsp3) is 0.467. The summed E-state index contributed by atoms with van der Waals surface area (Å²) in [5.41, 5.74) is 0.645. The Bertz CT molecular complexity index is 667. The highest BCUT2D eigenvalue weighted by Crippen LogP contribution is 2.17. The predicted molar refractivity (Wildman–Crippen MR) is 77.4 cm³/mol. The zero-order chi connectivity index (χ0) is 14.1. The third-order valence-corrected chi connectivity index (χ3v) is 3.98. The third-order valence-electron chi connectivity index (χ3n) is 3.98. The summed E-state index contributed by atoms with van der Waals surface area (Å²) in [6.07, 6.45) is 0.564. The molecule has 0 aliphatic carbocycles. The number of aliphatic hydroxyl groups is 1. The van der Waals surface area contributed by atoms with Crippen molar-refractivity contribution in [3.05, 3.63) is 40.4 Å². The Labute approximate surface area is 117 Å². The van der Waals surface area contributed by atoms with Gasteiger partial charge in [0.2, 0.25) is 0 Å². The van der Waals surface area contributed by atoms with E-state index in [1.54, 1.807) is 6.07 Å². The zero-order valence-electron chi connectivity index (χ0n) is 11.5. The van der Waals surface area contributed by atoms with Crippen LogP contribution >= 0.6 is 0 Å². The molecule has 2 atom stereocenters. The SMILES string of the molecule is CC1CN(Cc2nc3ccccc3c(=O)[nH]2)CCC1O. The van der Waals surface area contributed by atoms with Crippen molar-refractivity contribution < 1.29 is 5.11 Å². The molecule has 0 radical (unpaired) electrons. The topological polar surface area (TPSA) is 69.2 Å². The quantitative estimate of drug-likeness (QED) is 0.860. The number of hydrogen-bond donors (Lipinski definition) is 2. The van der Waals surface area contributed by atoms with Gasteiger partial charge in [0, 0.05) is 13.1 Å². The molecule has 2 unspecified atom stereocenters. The molecule has 2 N–H and O–H groups in total. The number of nitrogens with zero attached hydrogens (tertiary/aromatic N) is 2. The molecule has 5 heteroatoms. The van der Waals surface area contributed by atoms with Crippen molar-refractivity contribution in [3.8, 4) is 0 Å². The van der Waals surface area contributed by atoms with Gasteiger partial charge < -0.3 is 10.1 Å². The van der Waals surface area contributed by atoms with Gasteiger partial charge in [-0.15, -0.1) is 0 Å². The molecule has 1 fully saturated rings. The van der Waals surface area contributed by atoms with Crippen LogP contribution in [-0.4, -0.2) is 39.2 Å². The van der Waals surface area contributed by atoms with E-state index in [-0.39, 0.29) is 17.6 Å². The number of hydrogen-bond acceptors (Lipinski definition) is 4. The minimum Gasteiger partial charge on any atom is -0.393 e. The minimum atomic E-state index is -0.213. The van der Waals surface area contributed by atoms with Crippen LogP contribution in [0.5, 0.6) is 0 Å². The Morgan fingerprint density at radius 3 is 3.05 bits per heavy atom. The number of fused-ring (bicyclic) bond motifs is 1. The van der Waals surface area contributed by atoms with Crippen LogP contribution in [-0.2, 0) is 6.54 Å². The van der Waals surface area contributed by atoms with E-state index in [9.17, 15) is 9.90 Å². The van der Waals surface area contributed by atoms with E-state index in [4.69, 9.17) is 0 Å². The molecule has 1 aromatic carbocycles. The van der Waals surface area contributed by atoms with Crippen LogP contribution in [0, 0.1) is 5.92 Å². The molecule has 3 rings (SSSR count). The molecular formula is C15H19N3O2. The van der Waals surface area contributed by atoms with Crippen LogP contribution in [0.2, 0.25) is 0 Å². The van der Waals surface area contributed by atoms with Gasteiger partial charge in [-0.2, -0.15) is 0 Å². The molecule has 1 aliphatic rings. The molecule has 0 bridgehead atoms. The fourth-order valence-electron chi connectivity index (χ4n) is 2.78. The van der Waals surface area contributed by atoms with E-state index in [1.165, 1.54) is 0 Å². The molecule has 106 valence electrons. The van der Waals surface area contributed by atoms with Crippen molar-refractivity contribution in [2.75, 3.05) is 13.1 Å². The lowest BCUT2D eigenvalue weighted by atomic mass is 9.97. The lowest BCUT2D eigenvalue weighted by molar-refractivity contribution is 0.0311. The number of nitrogens with one attached hydrogen (secondary N) is 1. The molecule has 1 aliphatic heterocycles. The number of aromatic nitrogens is 2. The fourth-order valence-corrected chi connectivity index (χ4v) is 2.78. The average Bonchev–Trinajstić information content (AvgIpc) is 2.43. The van der Waals surface area contributed by atoms with Gasteiger partial charge in [0.25, 0.3) is 5.56 Å². The largest absolute Gasteiger partial charge is 0.393 e. The Balaban J connectivity index is 1.83. The first-order chi connectivity index (χ1) is 9.63. The van der Waals surface area contributed by atoms with E-state index in [0.29, 0.717) is 17.8 Å². The standard InChI is InChI=1S/C15H19N3O2/c1-10-8-18(7-6-13(10)19)9-14-16-12-5-3-2-4-11(12)15(20)17-14/h2-5,10,13,19H,6-9H2,1H3,(H,16,17,20). The van der Waals surface area contributed by atoms with Crippen molar-refractivity contribution in [1.82, 2.24) is 14.9 Å². The summed E-state index contributed by atoms with van der Waals surface area (Å²) >= 11 is 0. The summed E-state index contributed by atoms with van der Waals surface area (Å²) in [6.45, 7) is 4.34. The summed E-state index contributed by atoms with van der Waals surface area (Å²) in [5.74, 6) is 0.952. The van der Waals surface area contributed by atoms with Crippen molar-refractivity contribution in [3.63, 3.8) is 0 Å². The highest BCUT2D eigenvalue weighted by molar-refractivity contribution is 5.77. The number of aromatic amines is 1. The second-order valence-corrected chi connectivity index (χ2v) is 5.60. The highest BCUT2D eigenvalue weighted by Gasteiger charge is 2.24. The predicted octanol–water partition coefficient (Wildman–Crippen LogP) is 1.13. The van der Waals surface area contributed by atoms with E-state index in [1.807, 2.05) is 25.1 Å². The van der Waals surface area contributed by atoms with Gasteiger partial charge >= 0.3 is 0 Å². The van der Waals surface area contributed by atoms with Crippen molar-refractivity contribution in [2.24, 2.45) is 5.92 Å². The minimum absolute atomic E-state index is 0.0873. The van der Waals surface area contributed by atoms with Gasteiger partial charge in [0.1, 0.15) is 5.82 Å². The third kappa shape index (κ3) is 2.59. The normalized spacial score (nSPS) is 24.1. The molecule has 2 aromatic rings. The van der Waals surface area contributed by atoms with Gasteiger partial charge in [-0.05, 0) is 24.5 Å². The van der Waals surface area contributed by atoms with E-state index < -0.39 is 0 Å². The van der Waals surface area contributed by atoms with Crippen molar-refractivity contribution >= 4 is 10.9 Å². The van der Waals surface area contributed by atoms with Crippen molar-refractivity contribution in [1.29, 1.82) is 0 Å². The smallest absolute Gasteiger partial charge is 0.258 e. The first-order valence-electron chi connectivity index (χ1n) is 7.02. The van der Waals surface area contributed by atoms with Gasteiger partial charge in [0.05, 0.1) is 23.6 Å². The summed E-state index contributed by atoms with van der Waals surface area (Å²) in [4.78, 5) is 21.6. The Morgan fingerprint density at radius 2 is 2.25 bits per heavy atom. The first kappa shape index (κ1) is 13.3. The van der Waals surface area contributed by atoms with E-state index in [0.717, 1.165) is 25.0 Å². The maximum absolute atomic E-state index is 12.0. The molecule has 1 saturated heterocycles.